The largest absolute Gasteiger partial charge is 0.322 e. The van der Waals surface area contributed by atoms with Crippen molar-refractivity contribution in [2.75, 3.05) is 5.32 Å². The number of allylic oxidation sites excluding steroid dienone is 2. The lowest BCUT2D eigenvalue weighted by Crippen LogP contribution is -2.11. The number of nitrogens with one attached hydrogen (secondary N) is 1. The van der Waals surface area contributed by atoms with Gasteiger partial charge in [0.2, 0.25) is 0 Å². The van der Waals surface area contributed by atoms with E-state index in [9.17, 15) is 4.79 Å². The van der Waals surface area contributed by atoms with Gasteiger partial charge < -0.3 is 5.32 Å². The van der Waals surface area contributed by atoms with Crippen LogP contribution in [-0.4, -0.2) is 5.91 Å². The number of carbonyl (C=O) groups is 1. The first-order valence-corrected chi connectivity index (χ1v) is 5.52. The Kier molecular flexibility index (Phi) is 4.81. The van der Waals surface area contributed by atoms with Gasteiger partial charge in [0.25, 0.3) is 11.6 Å². The summed E-state index contributed by atoms with van der Waals surface area (Å²) in [6.45, 7) is 12.0. The summed E-state index contributed by atoms with van der Waals surface area (Å²) in [6, 6.07) is 9.83. The zero-order valence-electron chi connectivity index (χ0n) is 10.8. The Morgan fingerprint density at radius 3 is 2.30 bits per heavy atom. The number of amides is 1. The highest BCUT2D eigenvalue weighted by Gasteiger charge is 2.09. The molecule has 1 aromatic carbocycles. The monoisotopic (exact) mass is 262 g/mol. The molecule has 0 heterocycles. The van der Waals surface area contributed by atoms with Gasteiger partial charge in [0.15, 0.2) is 0 Å². The fourth-order valence-electron chi connectivity index (χ4n) is 1.35. The minimum absolute atomic E-state index is 0.0141. The maximum atomic E-state index is 11.4. The van der Waals surface area contributed by atoms with E-state index in [1.807, 2.05) is 6.07 Å². The Morgan fingerprint density at radius 2 is 1.90 bits per heavy atom. The van der Waals surface area contributed by atoms with E-state index in [0.717, 1.165) is 0 Å². The standard InChI is InChI=1S/C15H10N4O/c1-10(2)15(20)19-12-6-4-11(5-7-12)13(8-16)14(9-17)18-3/h4-7H,1H2,2H3,(H,19,20). The topological polar surface area (TPSA) is 81.0 Å². The van der Waals surface area contributed by atoms with E-state index in [2.05, 4.69) is 16.7 Å². The third-order valence-corrected chi connectivity index (χ3v) is 2.39. The summed E-state index contributed by atoms with van der Waals surface area (Å²) in [4.78, 5) is 14.4. The van der Waals surface area contributed by atoms with E-state index in [0.29, 0.717) is 16.8 Å². The van der Waals surface area contributed by atoms with Crippen LogP contribution in [0, 0.1) is 29.2 Å². The summed E-state index contributed by atoms with van der Waals surface area (Å²) in [7, 11) is 0. The van der Waals surface area contributed by atoms with E-state index in [4.69, 9.17) is 17.1 Å². The Labute approximate surface area is 116 Å². The lowest BCUT2D eigenvalue weighted by atomic mass is 10.0. The smallest absolute Gasteiger partial charge is 0.279 e. The number of benzene rings is 1. The Balaban J connectivity index is 3.10. The third kappa shape index (κ3) is 3.32. The summed E-state index contributed by atoms with van der Waals surface area (Å²) in [5.74, 6) is -0.298. The minimum atomic E-state index is -0.298. The van der Waals surface area contributed by atoms with Crippen LogP contribution in [0.5, 0.6) is 0 Å². The average Bonchev–Trinajstić information content (AvgIpc) is 2.45. The van der Waals surface area contributed by atoms with Crippen molar-refractivity contribution in [1.29, 1.82) is 10.5 Å². The zero-order valence-corrected chi connectivity index (χ0v) is 10.8. The molecule has 1 rings (SSSR count). The molecule has 0 saturated heterocycles. The molecule has 0 radical (unpaired) electrons. The summed E-state index contributed by atoms with van der Waals surface area (Å²) in [5.41, 5.74) is 1.13. The van der Waals surface area contributed by atoms with Gasteiger partial charge in [0.05, 0.1) is 24.3 Å². The fraction of sp³-hybridized carbons (Fsp3) is 0.0667. The number of hydrogen-bond acceptors (Lipinski definition) is 3. The summed E-state index contributed by atoms with van der Waals surface area (Å²) < 4.78 is 0. The van der Waals surface area contributed by atoms with Crippen LogP contribution in [0.15, 0.2) is 42.1 Å². The van der Waals surface area contributed by atoms with Crippen LogP contribution in [0.2, 0.25) is 0 Å². The molecule has 1 aromatic rings. The van der Waals surface area contributed by atoms with Crippen molar-refractivity contribution in [3.05, 3.63) is 59.1 Å². The highest BCUT2D eigenvalue weighted by Crippen LogP contribution is 2.21. The maximum absolute atomic E-state index is 11.4. The van der Waals surface area contributed by atoms with Crippen LogP contribution in [0.4, 0.5) is 5.69 Å². The van der Waals surface area contributed by atoms with E-state index in [-0.39, 0.29) is 17.2 Å². The molecule has 0 atom stereocenters. The van der Waals surface area contributed by atoms with Crippen molar-refractivity contribution < 1.29 is 4.79 Å². The Morgan fingerprint density at radius 1 is 1.30 bits per heavy atom. The van der Waals surface area contributed by atoms with Gasteiger partial charge in [-0.1, -0.05) is 18.7 Å². The molecule has 0 spiro atoms. The molecule has 0 aliphatic carbocycles. The molecule has 0 bridgehead atoms. The number of nitrogens with zero attached hydrogens (tertiary/aromatic N) is 3. The van der Waals surface area contributed by atoms with Gasteiger partial charge in [-0.2, -0.15) is 5.26 Å². The van der Waals surface area contributed by atoms with Gasteiger partial charge in [0.1, 0.15) is 0 Å². The number of anilines is 1. The molecule has 0 aliphatic rings. The first-order chi connectivity index (χ1) is 9.53. The van der Waals surface area contributed by atoms with Gasteiger partial charge in [-0.05, 0) is 24.6 Å². The van der Waals surface area contributed by atoms with Crippen LogP contribution < -0.4 is 5.32 Å². The molecule has 0 aromatic heterocycles. The van der Waals surface area contributed by atoms with Gasteiger partial charge in [-0.15, -0.1) is 0 Å². The molecule has 96 valence electrons. The Bertz CT molecular complexity index is 690. The van der Waals surface area contributed by atoms with Crippen molar-refractivity contribution in [1.82, 2.24) is 0 Å². The molecular weight excluding hydrogens is 252 g/mol. The fourth-order valence-corrected chi connectivity index (χ4v) is 1.35. The van der Waals surface area contributed by atoms with Crippen LogP contribution in [0.25, 0.3) is 10.4 Å². The third-order valence-electron chi connectivity index (χ3n) is 2.39. The lowest BCUT2D eigenvalue weighted by molar-refractivity contribution is -0.112. The van der Waals surface area contributed by atoms with E-state index >= 15 is 0 Å². The number of hydrogen-bond donors (Lipinski definition) is 1. The predicted molar refractivity (Wildman–Crippen MR) is 74.6 cm³/mol. The molecule has 0 unspecified atom stereocenters. The highest BCUT2D eigenvalue weighted by atomic mass is 16.1. The molecule has 0 aliphatic heterocycles. The quantitative estimate of drug-likeness (QED) is 0.516. The maximum Gasteiger partial charge on any atom is 0.279 e. The second-order valence-electron chi connectivity index (χ2n) is 3.87. The summed E-state index contributed by atoms with van der Waals surface area (Å²) in [6.07, 6.45) is 0. The van der Waals surface area contributed by atoms with Gasteiger partial charge in [-0.25, -0.2) is 10.1 Å². The molecular formula is C15H10N4O. The van der Waals surface area contributed by atoms with Crippen LogP contribution in [0.3, 0.4) is 0 Å². The molecule has 0 saturated carbocycles. The normalized spacial score (nSPS) is 10.3. The second-order valence-corrected chi connectivity index (χ2v) is 3.87. The molecule has 0 fully saturated rings. The molecule has 1 N–H and O–H groups in total. The minimum Gasteiger partial charge on any atom is -0.322 e. The zero-order chi connectivity index (χ0) is 15.1. The predicted octanol–water partition coefficient (Wildman–Crippen LogP) is 2.88. The molecule has 1 amide bonds. The SMILES string of the molecule is [C-]#[N+]C(C#N)=C(C#N)c1ccc(NC(=O)C(=C)C)cc1. The number of nitriles is 2. The van der Waals surface area contributed by atoms with Crippen molar-refractivity contribution >= 4 is 17.2 Å². The molecule has 20 heavy (non-hydrogen) atoms. The van der Waals surface area contributed by atoms with Crippen LogP contribution >= 0.6 is 0 Å². The first-order valence-electron chi connectivity index (χ1n) is 5.52. The van der Waals surface area contributed by atoms with Crippen molar-refractivity contribution in [3.63, 3.8) is 0 Å². The van der Waals surface area contributed by atoms with Crippen LogP contribution in [-0.2, 0) is 4.79 Å². The molecule has 5 heteroatoms. The van der Waals surface area contributed by atoms with Gasteiger partial charge in [0, 0.05) is 11.3 Å². The number of carbonyl (C=O) groups excluding carboxylic acids is 1. The van der Waals surface area contributed by atoms with Crippen molar-refractivity contribution in [3.8, 4) is 12.1 Å². The van der Waals surface area contributed by atoms with Gasteiger partial charge >= 0.3 is 0 Å². The molecule has 5 nitrogen and oxygen atoms in total. The van der Waals surface area contributed by atoms with E-state index in [1.165, 1.54) is 0 Å². The van der Waals surface area contributed by atoms with E-state index in [1.54, 1.807) is 37.3 Å². The van der Waals surface area contributed by atoms with Gasteiger partial charge in [-0.3, -0.25) is 4.79 Å². The lowest BCUT2D eigenvalue weighted by Gasteiger charge is -2.06. The average molecular weight is 262 g/mol. The summed E-state index contributed by atoms with van der Waals surface area (Å²) in [5, 5.41) is 20.4. The first kappa shape index (κ1) is 14.7. The van der Waals surface area contributed by atoms with Crippen molar-refractivity contribution in [2.24, 2.45) is 0 Å². The number of rotatable bonds is 3. The Hall–Kier alpha value is -3.36. The second kappa shape index (κ2) is 6.54. The van der Waals surface area contributed by atoms with Crippen LogP contribution in [0.1, 0.15) is 12.5 Å². The highest BCUT2D eigenvalue weighted by molar-refractivity contribution is 6.02. The van der Waals surface area contributed by atoms with Crippen molar-refractivity contribution in [2.45, 2.75) is 6.92 Å². The summed E-state index contributed by atoms with van der Waals surface area (Å²) >= 11 is 0. The van der Waals surface area contributed by atoms with E-state index < -0.39 is 0 Å².